The van der Waals surface area contributed by atoms with Gasteiger partial charge in [-0.1, -0.05) is 0 Å². The number of hydrogen-bond donors (Lipinski definition) is 1. The van der Waals surface area contributed by atoms with Crippen LogP contribution in [0.2, 0.25) is 0 Å². The molecule has 1 aromatic heterocycles. The molecule has 4 nitrogen and oxygen atoms in total. The van der Waals surface area contributed by atoms with Crippen LogP contribution in [0.5, 0.6) is 0 Å². The number of rotatable bonds is 1. The zero-order valence-corrected chi connectivity index (χ0v) is 4.40. The quantitative estimate of drug-likeness (QED) is 0.581. The van der Waals surface area contributed by atoms with Crippen molar-refractivity contribution in [3.63, 3.8) is 0 Å². The molecule has 0 aliphatic heterocycles. The topological polar surface area (TPSA) is 63.1 Å². The fourth-order valence-corrected chi connectivity index (χ4v) is 0.372. The molecule has 0 aliphatic carbocycles. The number of carboxylic acid groups (broad SMARTS) is 1. The van der Waals surface area contributed by atoms with Crippen LogP contribution in [0.3, 0.4) is 0 Å². The normalized spacial score (nSPS) is 10.4. The second kappa shape index (κ2) is 2.21. The first-order chi connectivity index (χ1) is 4.72. The van der Waals surface area contributed by atoms with Gasteiger partial charge in [0.2, 0.25) is 0 Å². The molecule has 46 valence electrons. The average Bonchev–Trinajstić information content (AvgIpc) is 1.88. The molecule has 1 rings (SSSR count). The molecule has 1 N–H and O–H groups in total. The molecule has 0 aliphatic rings. The van der Waals surface area contributed by atoms with E-state index >= 15 is 0 Å². The molecule has 0 fully saturated rings. The molecule has 0 radical (unpaired) electrons. The van der Waals surface area contributed by atoms with Gasteiger partial charge in [0, 0.05) is 12.4 Å². The van der Waals surface area contributed by atoms with Gasteiger partial charge in [0.05, 0.1) is 6.93 Å². The number of aromatic nitrogens is 2. The summed E-state index contributed by atoms with van der Waals surface area (Å²) in [5, 5.41) is 8.37. The van der Waals surface area contributed by atoms with Crippen molar-refractivity contribution < 1.29 is 11.3 Å². The predicted octanol–water partition coefficient (Wildman–Crippen LogP) is 0.175. The molecular weight excluding hydrogens is 120 g/mol. The fourth-order valence-electron chi connectivity index (χ4n) is 0.372. The van der Waals surface area contributed by atoms with E-state index in [1.165, 1.54) is 0 Å². The molecule has 0 amide bonds. The second-order valence-corrected chi connectivity index (χ2v) is 1.35. The molecular formula is C5H4N2O2. The Bertz CT molecular complexity index is 264. The third-order valence-electron chi connectivity index (χ3n) is 0.743. The van der Waals surface area contributed by atoms with E-state index < -0.39 is 5.97 Å². The van der Waals surface area contributed by atoms with Crippen LogP contribution in [-0.2, 0) is 0 Å². The maximum Gasteiger partial charge on any atom is 0.338 e. The molecule has 1 heterocycles. The lowest BCUT2D eigenvalue weighted by molar-refractivity contribution is 0.0696. The fraction of sp³-hybridized carbons (Fsp3) is 0. The molecule has 0 bridgehead atoms. The van der Waals surface area contributed by atoms with Crippen LogP contribution in [0.4, 0.5) is 0 Å². The number of aromatic carboxylic acids is 1. The standard InChI is InChI=1S/C5H4N2O2/c8-5(9)4-1-6-3-7-2-4/h1-3H,(H,8,9)/i1D. The van der Waals surface area contributed by atoms with Crippen LogP contribution in [0.25, 0.3) is 0 Å². The summed E-state index contributed by atoms with van der Waals surface area (Å²) in [5.41, 5.74) is -0.178. The molecule has 0 saturated carbocycles. The van der Waals surface area contributed by atoms with Gasteiger partial charge in [-0.15, -0.1) is 0 Å². The molecule has 4 heteroatoms. The van der Waals surface area contributed by atoms with Crippen molar-refractivity contribution in [1.82, 2.24) is 9.97 Å². The highest BCUT2D eigenvalue weighted by molar-refractivity contribution is 5.86. The Kier molecular flexibility index (Phi) is 1.09. The van der Waals surface area contributed by atoms with Crippen molar-refractivity contribution in [3.05, 3.63) is 24.3 Å². The molecule has 0 atom stereocenters. The van der Waals surface area contributed by atoms with Gasteiger partial charge >= 0.3 is 5.97 Å². The van der Waals surface area contributed by atoms with Crippen molar-refractivity contribution in [2.24, 2.45) is 0 Å². The number of hydrogen-bond acceptors (Lipinski definition) is 3. The van der Waals surface area contributed by atoms with Gasteiger partial charge in [0.25, 0.3) is 0 Å². The summed E-state index contributed by atoms with van der Waals surface area (Å²) in [6, 6.07) is 0. The lowest BCUT2D eigenvalue weighted by Gasteiger charge is -1.86. The van der Waals surface area contributed by atoms with E-state index in [9.17, 15) is 4.79 Å². The van der Waals surface area contributed by atoms with E-state index in [0.717, 1.165) is 12.5 Å². The van der Waals surface area contributed by atoms with Crippen molar-refractivity contribution in [3.8, 4) is 0 Å². The summed E-state index contributed by atoms with van der Waals surface area (Å²) in [4.78, 5) is 17.1. The van der Waals surface area contributed by atoms with E-state index in [4.69, 9.17) is 6.48 Å². The van der Waals surface area contributed by atoms with Crippen molar-refractivity contribution in [2.45, 2.75) is 0 Å². The Labute approximate surface area is 52.6 Å². The Morgan fingerprint density at radius 3 is 3.00 bits per heavy atom. The van der Waals surface area contributed by atoms with Gasteiger partial charge in [-0.2, -0.15) is 0 Å². The van der Waals surface area contributed by atoms with Crippen LogP contribution in [0.1, 0.15) is 11.7 Å². The number of nitrogens with zero attached hydrogens (tertiary/aromatic N) is 2. The highest BCUT2D eigenvalue weighted by atomic mass is 16.4. The van der Waals surface area contributed by atoms with E-state index in [1.54, 1.807) is 0 Å². The number of carbonyl (C=O) groups is 1. The number of carboxylic acids is 1. The van der Waals surface area contributed by atoms with Crippen LogP contribution >= 0.6 is 0 Å². The zero-order valence-electron chi connectivity index (χ0n) is 5.40. The molecule has 0 aromatic carbocycles. The maximum absolute atomic E-state index is 10.2. The third-order valence-corrected chi connectivity index (χ3v) is 0.743. The average molecular weight is 125 g/mol. The van der Waals surface area contributed by atoms with Gasteiger partial charge in [0.15, 0.2) is 0 Å². The molecule has 1 aromatic rings. The monoisotopic (exact) mass is 125 g/mol. The summed E-state index contributed by atoms with van der Waals surface area (Å²) in [6.45, 7) is 0. The minimum Gasteiger partial charge on any atom is -0.478 e. The summed E-state index contributed by atoms with van der Waals surface area (Å²) < 4.78 is 6.97. The van der Waals surface area contributed by atoms with E-state index in [2.05, 4.69) is 9.97 Å². The lowest BCUT2D eigenvalue weighted by atomic mass is 10.4. The van der Waals surface area contributed by atoms with Gasteiger partial charge < -0.3 is 5.11 Å². The van der Waals surface area contributed by atoms with Crippen LogP contribution < -0.4 is 0 Å². The van der Waals surface area contributed by atoms with Gasteiger partial charge in [-0.05, 0) is 0 Å². The summed E-state index contributed by atoms with van der Waals surface area (Å²) in [7, 11) is 0. The van der Waals surface area contributed by atoms with E-state index in [0.29, 0.717) is 0 Å². The first kappa shape index (κ1) is 4.43. The third kappa shape index (κ3) is 1.22. The summed E-state index contributed by atoms with van der Waals surface area (Å²) in [5.74, 6) is -1.18. The Hall–Kier alpha value is -1.45. The molecule has 0 saturated heterocycles. The Morgan fingerprint density at radius 2 is 2.56 bits per heavy atom. The minimum atomic E-state index is -1.18. The van der Waals surface area contributed by atoms with Gasteiger partial charge in [0.1, 0.15) is 6.33 Å². The predicted molar refractivity (Wildman–Crippen MR) is 29.0 cm³/mol. The second-order valence-electron chi connectivity index (χ2n) is 1.35. The Morgan fingerprint density at radius 1 is 1.78 bits per heavy atom. The van der Waals surface area contributed by atoms with Crippen LogP contribution in [-0.4, -0.2) is 21.0 Å². The molecule has 0 unspecified atom stereocenters. The van der Waals surface area contributed by atoms with Gasteiger partial charge in [-0.3, -0.25) is 0 Å². The highest BCUT2D eigenvalue weighted by Gasteiger charge is 1.98. The Balaban J connectivity index is 3.15. The van der Waals surface area contributed by atoms with Gasteiger partial charge in [-0.25, -0.2) is 14.8 Å². The molecule has 9 heavy (non-hydrogen) atoms. The van der Waals surface area contributed by atoms with Crippen LogP contribution in [0.15, 0.2) is 18.7 Å². The summed E-state index contributed by atoms with van der Waals surface area (Å²) in [6.07, 6.45) is 1.97. The lowest BCUT2D eigenvalue weighted by Crippen LogP contribution is -1.96. The van der Waals surface area contributed by atoms with E-state index in [1.807, 2.05) is 0 Å². The highest BCUT2D eigenvalue weighted by Crippen LogP contribution is 1.89. The first-order valence-corrected chi connectivity index (χ1v) is 2.21. The zero-order chi connectivity index (χ0) is 7.56. The molecule has 0 spiro atoms. The minimum absolute atomic E-state index is 0.178. The van der Waals surface area contributed by atoms with Crippen molar-refractivity contribution in [2.75, 3.05) is 0 Å². The largest absolute Gasteiger partial charge is 0.478 e. The summed E-state index contributed by atoms with van der Waals surface area (Å²) >= 11 is 0. The van der Waals surface area contributed by atoms with Crippen LogP contribution in [0, 0.1) is 0 Å². The first-order valence-electron chi connectivity index (χ1n) is 2.71. The SMILES string of the molecule is [2H]c1ncncc1C(=O)O. The smallest absolute Gasteiger partial charge is 0.338 e. The van der Waals surface area contributed by atoms with E-state index in [-0.39, 0.29) is 11.7 Å². The van der Waals surface area contributed by atoms with Crippen molar-refractivity contribution >= 4 is 5.97 Å². The maximum atomic E-state index is 10.2. The van der Waals surface area contributed by atoms with Crippen molar-refractivity contribution in [1.29, 1.82) is 0 Å².